The number of fused-ring (bicyclic) bond motifs is 2. The van der Waals surface area contributed by atoms with E-state index in [-0.39, 0.29) is 10.1 Å². The molecule has 1 amide bonds. The Kier molecular flexibility index (Phi) is 4.29. The Balaban J connectivity index is 1.41. The van der Waals surface area contributed by atoms with Crippen molar-refractivity contribution in [2.45, 2.75) is 35.9 Å². The normalized spacial score (nSPS) is 25.0. The van der Waals surface area contributed by atoms with Gasteiger partial charge < -0.3 is 5.32 Å². The number of nitrogens with one attached hydrogen (secondary N) is 2. The molecule has 2 bridgehead atoms. The van der Waals surface area contributed by atoms with Gasteiger partial charge in [0.2, 0.25) is 0 Å². The minimum absolute atomic E-state index is 0.0785. The van der Waals surface area contributed by atoms with Crippen molar-refractivity contribution in [2.24, 2.45) is 11.8 Å². The molecule has 1 aromatic heterocycles. The molecule has 0 spiro atoms. The predicted octanol–water partition coefficient (Wildman–Crippen LogP) is 3.47. The van der Waals surface area contributed by atoms with Gasteiger partial charge in [0.25, 0.3) is 15.9 Å². The summed E-state index contributed by atoms with van der Waals surface area (Å²) in [4.78, 5) is 12.4. The monoisotopic (exact) mass is 376 g/mol. The lowest BCUT2D eigenvalue weighted by atomic mass is 9.95. The molecule has 2 aliphatic carbocycles. The van der Waals surface area contributed by atoms with Crippen molar-refractivity contribution in [3.8, 4) is 0 Å². The zero-order valence-electron chi connectivity index (χ0n) is 13.6. The summed E-state index contributed by atoms with van der Waals surface area (Å²) in [6, 6.07) is 10.1. The molecule has 7 heteroatoms. The van der Waals surface area contributed by atoms with Crippen molar-refractivity contribution in [3.63, 3.8) is 0 Å². The number of hydrogen-bond donors (Lipinski definition) is 2. The molecule has 3 atom stereocenters. The number of thiophene rings is 1. The standard InChI is InChI=1S/C18H20N2O3S2/c21-18(19-16-11-12-3-4-14(16)10-12)13-5-7-15(8-6-13)20-25(22,23)17-2-1-9-24-17/h1-2,5-9,12,14,16,20H,3-4,10-11H2,(H,19,21)/t12-,14-,16-/m1/s1. The van der Waals surface area contributed by atoms with Crippen LogP contribution in [0.15, 0.2) is 46.0 Å². The van der Waals surface area contributed by atoms with Crippen LogP contribution in [0.2, 0.25) is 0 Å². The van der Waals surface area contributed by atoms with Crippen molar-refractivity contribution < 1.29 is 13.2 Å². The Labute approximate surface area is 151 Å². The van der Waals surface area contributed by atoms with Crippen LogP contribution in [0, 0.1) is 11.8 Å². The van der Waals surface area contributed by atoms with Gasteiger partial charge in [-0.1, -0.05) is 12.5 Å². The van der Waals surface area contributed by atoms with Crippen LogP contribution in [0.25, 0.3) is 0 Å². The van der Waals surface area contributed by atoms with Crippen LogP contribution in [0.5, 0.6) is 0 Å². The van der Waals surface area contributed by atoms with Gasteiger partial charge in [0.1, 0.15) is 4.21 Å². The molecule has 25 heavy (non-hydrogen) atoms. The van der Waals surface area contributed by atoms with E-state index in [2.05, 4.69) is 10.0 Å². The number of anilines is 1. The summed E-state index contributed by atoms with van der Waals surface area (Å²) in [6.45, 7) is 0. The summed E-state index contributed by atoms with van der Waals surface area (Å²) < 4.78 is 27.2. The van der Waals surface area contributed by atoms with Gasteiger partial charge in [-0.3, -0.25) is 9.52 Å². The third-order valence-corrected chi connectivity index (χ3v) is 7.99. The van der Waals surface area contributed by atoms with Gasteiger partial charge >= 0.3 is 0 Å². The van der Waals surface area contributed by atoms with Crippen LogP contribution in [0.1, 0.15) is 36.0 Å². The largest absolute Gasteiger partial charge is 0.349 e. The van der Waals surface area contributed by atoms with Gasteiger partial charge in [0.15, 0.2) is 0 Å². The maximum Gasteiger partial charge on any atom is 0.271 e. The maximum atomic E-state index is 12.4. The summed E-state index contributed by atoms with van der Waals surface area (Å²) in [5.74, 6) is 1.33. The van der Waals surface area contributed by atoms with Crippen LogP contribution in [0.3, 0.4) is 0 Å². The molecule has 5 nitrogen and oxygen atoms in total. The average molecular weight is 377 g/mol. The minimum atomic E-state index is -3.56. The first-order valence-electron chi connectivity index (χ1n) is 8.48. The number of hydrogen-bond acceptors (Lipinski definition) is 4. The Hall–Kier alpha value is -1.86. The number of sulfonamides is 1. The second kappa shape index (κ2) is 6.46. The number of carbonyl (C=O) groups excluding carboxylic acids is 1. The number of carbonyl (C=O) groups is 1. The predicted molar refractivity (Wildman–Crippen MR) is 98.3 cm³/mol. The fraction of sp³-hybridized carbons (Fsp3) is 0.389. The maximum absolute atomic E-state index is 12.4. The fourth-order valence-corrected chi connectivity index (χ4v) is 6.04. The highest BCUT2D eigenvalue weighted by Crippen LogP contribution is 2.44. The van der Waals surface area contributed by atoms with Crippen LogP contribution in [0.4, 0.5) is 5.69 Å². The van der Waals surface area contributed by atoms with Gasteiger partial charge in [-0.2, -0.15) is 0 Å². The Bertz CT molecular complexity index is 860. The lowest BCUT2D eigenvalue weighted by Crippen LogP contribution is -2.38. The van der Waals surface area contributed by atoms with Crippen molar-refractivity contribution in [3.05, 3.63) is 47.3 Å². The first-order valence-corrected chi connectivity index (χ1v) is 10.8. The van der Waals surface area contributed by atoms with E-state index in [9.17, 15) is 13.2 Å². The van der Waals surface area contributed by atoms with Gasteiger partial charge in [-0.25, -0.2) is 8.42 Å². The molecule has 132 valence electrons. The third-order valence-electron chi connectivity index (χ3n) is 5.21. The highest BCUT2D eigenvalue weighted by atomic mass is 32.2. The second-order valence-electron chi connectivity index (χ2n) is 6.87. The van der Waals surface area contributed by atoms with Crippen LogP contribution in [-0.2, 0) is 10.0 Å². The summed E-state index contributed by atoms with van der Waals surface area (Å²) in [7, 11) is -3.56. The molecule has 0 aliphatic heterocycles. The number of rotatable bonds is 5. The Morgan fingerprint density at radius 3 is 2.48 bits per heavy atom. The smallest absolute Gasteiger partial charge is 0.271 e. The molecule has 2 saturated carbocycles. The van der Waals surface area contributed by atoms with Gasteiger partial charge in [0.05, 0.1) is 0 Å². The first-order chi connectivity index (χ1) is 12.0. The quantitative estimate of drug-likeness (QED) is 0.839. The van der Waals surface area contributed by atoms with E-state index in [1.54, 1.807) is 41.8 Å². The lowest BCUT2D eigenvalue weighted by molar-refractivity contribution is 0.0923. The molecule has 0 unspecified atom stereocenters. The zero-order valence-corrected chi connectivity index (χ0v) is 15.3. The lowest BCUT2D eigenvalue weighted by Gasteiger charge is -2.22. The fourth-order valence-electron chi connectivity index (χ4n) is 3.98. The molecule has 1 heterocycles. The summed E-state index contributed by atoms with van der Waals surface area (Å²) in [5.41, 5.74) is 1.01. The molecule has 2 aromatic rings. The molecule has 0 radical (unpaired) electrons. The van der Waals surface area contributed by atoms with Crippen LogP contribution < -0.4 is 10.0 Å². The van der Waals surface area contributed by atoms with Crippen LogP contribution >= 0.6 is 11.3 Å². The van der Waals surface area contributed by atoms with E-state index < -0.39 is 10.0 Å². The highest BCUT2D eigenvalue weighted by molar-refractivity contribution is 7.94. The summed E-state index contributed by atoms with van der Waals surface area (Å²) in [6.07, 6.45) is 4.86. The molecule has 4 rings (SSSR count). The molecule has 2 aliphatic rings. The van der Waals surface area contributed by atoms with E-state index in [0.717, 1.165) is 12.3 Å². The van der Waals surface area contributed by atoms with Gasteiger partial charge in [0, 0.05) is 17.3 Å². The Morgan fingerprint density at radius 1 is 1.08 bits per heavy atom. The molecule has 2 fully saturated rings. The molecule has 0 saturated heterocycles. The molecular formula is C18H20N2O3S2. The van der Waals surface area contributed by atoms with Gasteiger partial charge in [-0.15, -0.1) is 11.3 Å². The summed E-state index contributed by atoms with van der Waals surface area (Å²) in [5, 5.41) is 4.86. The molecule has 2 N–H and O–H groups in total. The zero-order chi connectivity index (χ0) is 17.4. The van der Waals surface area contributed by atoms with Crippen LogP contribution in [-0.4, -0.2) is 20.4 Å². The van der Waals surface area contributed by atoms with Gasteiger partial charge in [-0.05, 0) is 66.8 Å². The van der Waals surface area contributed by atoms with Crippen molar-refractivity contribution >= 4 is 33.0 Å². The van der Waals surface area contributed by atoms with E-state index in [1.165, 1.54) is 30.6 Å². The average Bonchev–Trinajstić information content (AvgIpc) is 3.33. The van der Waals surface area contributed by atoms with Crippen molar-refractivity contribution in [1.29, 1.82) is 0 Å². The minimum Gasteiger partial charge on any atom is -0.349 e. The first kappa shape index (κ1) is 16.6. The molecular weight excluding hydrogens is 356 g/mol. The topological polar surface area (TPSA) is 75.3 Å². The van der Waals surface area contributed by atoms with E-state index in [4.69, 9.17) is 0 Å². The van der Waals surface area contributed by atoms with E-state index >= 15 is 0 Å². The molecule has 1 aromatic carbocycles. The third kappa shape index (κ3) is 3.43. The SMILES string of the molecule is O=C(N[C@@H]1C[C@@H]2CC[C@@H]1C2)c1ccc(NS(=O)(=O)c2cccs2)cc1. The van der Waals surface area contributed by atoms with Crippen molar-refractivity contribution in [2.75, 3.05) is 4.72 Å². The highest BCUT2D eigenvalue weighted by Gasteiger charge is 2.40. The number of amides is 1. The Morgan fingerprint density at radius 2 is 1.88 bits per heavy atom. The summed E-state index contributed by atoms with van der Waals surface area (Å²) >= 11 is 1.17. The van der Waals surface area contributed by atoms with Crippen molar-refractivity contribution in [1.82, 2.24) is 5.32 Å². The van der Waals surface area contributed by atoms with E-state index in [0.29, 0.717) is 23.2 Å². The second-order valence-corrected chi connectivity index (χ2v) is 9.73. The number of benzene rings is 1. The van der Waals surface area contributed by atoms with E-state index in [1.807, 2.05) is 0 Å².